The maximum atomic E-state index is 14.2. The first-order chi connectivity index (χ1) is 13.0. The molecule has 3 aromatic heterocycles. The fourth-order valence-corrected chi connectivity index (χ4v) is 2.95. The molecule has 1 amide bonds. The third kappa shape index (κ3) is 2.65. The van der Waals surface area contributed by atoms with E-state index in [9.17, 15) is 9.18 Å². The molecule has 0 atom stereocenters. The Morgan fingerprint density at radius 1 is 1.19 bits per heavy atom. The number of fused-ring (bicyclic) bond motifs is 1. The van der Waals surface area contributed by atoms with Gasteiger partial charge >= 0.3 is 0 Å². The van der Waals surface area contributed by atoms with Crippen LogP contribution in [0.1, 0.15) is 16.1 Å². The Labute approximate surface area is 152 Å². The normalized spacial score (nSPS) is 11.0. The van der Waals surface area contributed by atoms with Gasteiger partial charge in [0, 0.05) is 23.3 Å². The number of hydrogen-bond acceptors (Lipinski definition) is 6. The van der Waals surface area contributed by atoms with Crippen LogP contribution in [-0.4, -0.2) is 31.1 Å². The molecule has 27 heavy (non-hydrogen) atoms. The molecule has 0 bridgehead atoms. The summed E-state index contributed by atoms with van der Waals surface area (Å²) in [6.07, 6.45) is 4.22. The molecule has 0 spiro atoms. The van der Waals surface area contributed by atoms with Crippen molar-refractivity contribution in [2.75, 3.05) is 5.73 Å². The predicted molar refractivity (Wildman–Crippen MR) is 98.0 cm³/mol. The summed E-state index contributed by atoms with van der Waals surface area (Å²) in [6.45, 7) is 1.87. The maximum Gasteiger partial charge on any atom is 0.269 e. The molecular formula is C18H14FN7O. The van der Waals surface area contributed by atoms with Gasteiger partial charge in [0.25, 0.3) is 5.91 Å². The number of aromatic nitrogens is 5. The van der Waals surface area contributed by atoms with Gasteiger partial charge in [-0.25, -0.2) is 14.4 Å². The van der Waals surface area contributed by atoms with Crippen molar-refractivity contribution in [2.24, 2.45) is 5.73 Å². The van der Waals surface area contributed by atoms with Crippen LogP contribution in [0.5, 0.6) is 0 Å². The van der Waals surface area contributed by atoms with E-state index in [0.717, 1.165) is 16.5 Å². The van der Waals surface area contributed by atoms with Crippen LogP contribution in [0, 0.1) is 12.7 Å². The molecule has 9 heteroatoms. The highest BCUT2D eigenvalue weighted by molar-refractivity contribution is 6.04. The van der Waals surface area contributed by atoms with Crippen molar-refractivity contribution in [3.8, 4) is 22.6 Å². The van der Waals surface area contributed by atoms with Crippen molar-refractivity contribution in [3.05, 3.63) is 53.9 Å². The van der Waals surface area contributed by atoms with Crippen molar-refractivity contribution in [3.63, 3.8) is 0 Å². The summed E-state index contributed by atoms with van der Waals surface area (Å²) in [5, 5.41) is 7.67. The molecule has 0 saturated heterocycles. The fourth-order valence-electron chi connectivity index (χ4n) is 2.95. The lowest BCUT2D eigenvalue weighted by Gasteiger charge is -2.13. The smallest absolute Gasteiger partial charge is 0.269 e. The van der Waals surface area contributed by atoms with Crippen molar-refractivity contribution in [2.45, 2.75) is 6.92 Å². The van der Waals surface area contributed by atoms with Crippen LogP contribution in [0.2, 0.25) is 0 Å². The first kappa shape index (κ1) is 16.6. The van der Waals surface area contributed by atoms with E-state index in [4.69, 9.17) is 11.5 Å². The number of primary amides is 1. The molecule has 4 aromatic rings. The molecule has 3 heterocycles. The van der Waals surface area contributed by atoms with Gasteiger partial charge in [0.15, 0.2) is 11.5 Å². The zero-order valence-corrected chi connectivity index (χ0v) is 14.2. The highest BCUT2D eigenvalue weighted by atomic mass is 19.1. The number of nitrogens with two attached hydrogens (primary N) is 2. The SMILES string of the molecule is Cc1ccc2[nH]ncc2c1-c1nc(-c2cnccc2F)nc(C(N)=O)c1N. The zero-order valence-electron chi connectivity index (χ0n) is 14.2. The van der Waals surface area contributed by atoms with Crippen LogP contribution in [0.3, 0.4) is 0 Å². The first-order valence-corrected chi connectivity index (χ1v) is 7.97. The van der Waals surface area contributed by atoms with Crippen LogP contribution >= 0.6 is 0 Å². The number of halogens is 1. The molecule has 134 valence electrons. The summed E-state index contributed by atoms with van der Waals surface area (Å²) >= 11 is 0. The lowest BCUT2D eigenvalue weighted by Crippen LogP contribution is -2.18. The quantitative estimate of drug-likeness (QED) is 0.510. The Kier molecular flexibility index (Phi) is 3.76. The molecule has 0 saturated carbocycles. The number of anilines is 1. The highest BCUT2D eigenvalue weighted by Gasteiger charge is 2.22. The minimum absolute atomic E-state index is 0.0207. The van der Waals surface area contributed by atoms with E-state index < -0.39 is 11.7 Å². The molecule has 0 unspecified atom stereocenters. The van der Waals surface area contributed by atoms with Gasteiger partial charge in [-0.15, -0.1) is 0 Å². The summed E-state index contributed by atoms with van der Waals surface area (Å²) < 4.78 is 14.2. The maximum absolute atomic E-state index is 14.2. The van der Waals surface area contributed by atoms with Gasteiger partial charge in [-0.2, -0.15) is 5.10 Å². The lowest BCUT2D eigenvalue weighted by atomic mass is 9.99. The van der Waals surface area contributed by atoms with E-state index in [1.54, 1.807) is 6.20 Å². The average molecular weight is 363 g/mol. The molecule has 5 N–H and O–H groups in total. The number of amides is 1. The van der Waals surface area contributed by atoms with Crippen molar-refractivity contribution >= 4 is 22.5 Å². The molecule has 0 aliphatic carbocycles. The van der Waals surface area contributed by atoms with Gasteiger partial charge in [0.1, 0.15) is 5.82 Å². The van der Waals surface area contributed by atoms with Crippen molar-refractivity contribution in [1.82, 2.24) is 25.1 Å². The number of carbonyl (C=O) groups is 1. The average Bonchev–Trinajstić information content (AvgIpc) is 3.11. The predicted octanol–water partition coefficient (Wildman–Crippen LogP) is 2.21. The molecule has 0 aliphatic rings. The van der Waals surface area contributed by atoms with Gasteiger partial charge in [0.2, 0.25) is 0 Å². The monoisotopic (exact) mass is 363 g/mol. The Bertz CT molecular complexity index is 1200. The summed E-state index contributed by atoms with van der Waals surface area (Å²) in [6, 6.07) is 4.92. The third-order valence-electron chi connectivity index (χ3n) is 4.26. The molecule has 8 nitrogen and oxygen atoms in total. The number of rotatable bonds is 3. The number of nitrogens with one attached hydrogen (secondary N) is 1. The molecule has 0 radical (unpaired) electrons. The Morgan fingerprint density at radius 3 is 2.74 bits per heavy atom. The molecule has 0 fully saturated rings. The van der Waals surface area contributed by atoms with Gasteiger partial charge in [0.05, 0.1) is 28.7 Å². The summed E-state index contributed by atoms with van der Waals surface area (Å²) in [4.78, 5) is 24.3. The Morgan fingerprint density at radius 2 is 2.00 bits per heavy atom. The zero-order chi connectivity index (χ0) is 19.1. The van der Waals surface area contributed by atoms with Crippen LogP contribution in [0.25, 0.3) is 33.5 Å². The van der Waals surface area contributed by atoms with E-state index in [1.165, 1.54) is 18.5 Å². The van der Waals surface area contributed by atoms with E-state index in [1.807, 2.05) is 19.1 Å². The minimum Gasteiger partial charge on any atom is -0.395 e. The fraction of sp³-hybridized carbons (Fsp3) is 0.0556. The van der Waals surface area contributed by atoms with Gasteiger partial charge in [-0.1, -0.05) is 6.07 Å². The largest absolute Gasteiger partial charge is 0.395 e. The Hall–Kier alpha value is -3.88. The Balaban J connectivity index is 2.09. The highest BCUT2D eigenvalue weighted by Crippen LogP contribution is 2.35. The first-order valence-electron chi connectivity index (χ1n) is 7.97. The van der Waals surface area contributed by atoms with Gasteiger partial charge in [-0.05, 0) is 24.6 Å². The van der Waals surface area contributed by atoms with Crippen LogP contribution < -0.4 is 11.5 Å². The van der Waals surface area contributed by atoms with E-state index >= 15 is 0 Å². The molecule has 1 aromatic carbocycles. The number of pyridine rings is 1. The standard InChI is InChI=1S/C18H14FN7O/c1-8-2-3-12-10(7-23-26-12)13(8)15-14(20)16(17(21)27)25-18(24-15)9-6-22-5-4-11(9)19/h2-7H,20H2,1H3,(H2,21,27)(H,23,26). The lowest BCUT2D eigenvalue weighted by molar-refractivity contribution is 0.0996. The van der Waals surface area contributed by atoms with Gasteiger partial charge in [-0.3, -0.25) is 14.9 Å². The molecular weight excluding hydrogens is 349 g/mol. The second kappa shape index (κ2) is 6.13. The van der Waals surface area contributed by atoms with E-state index in [0.29, 0.717) is 5.56 Å². The van der Waals surface area contributed by atoms with Crippen LogP contribution in [0.4, 0.5) is 10.1 Å². The number of aryl methyl sites for hydroxylation is 1. The van der Waals surface area contributed by atoms with E-state index in [-0.39, 0.29) is 28.5 Å². The van der Waals surface area contributed by atoms with Crippen molar-refractivity contribution < 1.29 is 9.18 Å². The van der Waals surface area contributed by atoms with Gasteiger partial charge < -0.3 is 11.5 Å². The summed E-state index contributed by atoms with van der Waals surface area (Å²) in [5.41, 5.74) is 14.0. The second-order valence-corrected chi connectivity index (χ2v) is 5.97. The van der Waals surface area contributed by atoms with Crippen LogP contribution in [-0.2, 0) is 0 Å². The van der Waals surface area contributed by atoms with E-state index in [2.05, 4.69) is 25.1 Å². The molecule has 4 rings (SSSR count). The minimum atomic E-state index is -0.835. The number of hydrogen-bond donors (Lipinski definition) is 3. The number of carbonyl (C=O) groups excluding carboxylic acids is 1. The van der Waals surface area contributed by atoms with Crippen molar-refractivity contribution in [1.29, 1.82) is 0 Å². The second-order valence-electron chi connectivity index (χ2n) is 5.97. The number of nitrogens with zero attached hydrogens (tertiary/aromatic N) is 4. The third-order valence-corrected chi connectivity index (χ3v) is 4.26. The number of H-pyrrole nitrogens is 1. The number of aromatic amines is 1. The van der Waals surface area contributed by atoms with Crippen LogP contribution in [0.15, 0.2) is 36.8 Å². The number of benzene rings is 1. The summed E-state index contributed by atoms with van der Waals surface area (Å²) in [5.74, 6) is -1.44. The number of nitrogen functional groups attached to an aromatic ring is 1. The molecule has 0 aliphatic heterocycles. The topological polar surface area (TPSA) is 136 Å². The summed E-state index contributed by atoms with van der Waals surface area (Å²) in [7, 11) is 0.